The summed E-state index contributed by atoms with van der Waals surface area (Å²) in [7, 11) is 1.27. The lowest BCUT2D eigenvalue weighted by molar-refractivity contribution is 0.120. The predicted molar refractivity (Wildman–Crippen MR) is 75.0 cm³/mol. The molecule has 0 saturated carbocycles. The minimum atomic E-state index is -0.743. The Labute approximate surface area is 117 Å². The highest BCUT2D eigenvalue weighted by atomic mass is 16.7. The molecule has 2 rings (SSSR count). The fourth-order valence-electron chi connectivity index (χ4n) is 1.65. The van der Waals surface area contributed by atoms with E-state index in [1.165, 1.54) is 12.7 Å². The van der Waals surface area contributed by atoms with Crippen molar-refractivity contribution in [1.82, 2.24) is 0 Å². The van der Waals surface area contributed by atoms with Crippen LogP contribution in [0.25, 0.3) is 0 Å². The first kappa shape index (κ1) is 13.9. The summed E-state index contributed by atoms with van der Waals surface area (Å²) in [4.78, 5) is 11.2. The van der Waals surface area contributed by atoms with Crippen molar-refractivity contribution in [2.75, 3.05) is 7.11 Å². The highest BCUT2D eigenvalue weighted by molar-refractivity contribution is 5.64. The second-order valence-electron chi connectivity index (χ2n) is 4.27. The Hall–Kier alpha value is -2.49. The molecule has 2 aromatic carbocycles. The van der Waals surface area contributed by atoms with E-state index in [0.29, 0.717) is 12.4 Å². The number of methoxy groups -OCH3 is 1. The van der Waals surface area contributed by atoms with Crippen LogP contribution in [0.15, 0.2) is 48.5 Å². The molecule has 4 heteroatoms. The molecule has 0 aliphatic rings. The quantitative estimate of drug-likeness (QED) is 0.628. The fraction of sp³-hybridized carbons (Fsp3) is 0.188. The summed E-state index contributed by atoms with van der Waals surface area (Å²) < 4.78 is 15.2. The van der Waals surface area contributed by atoms with E-state index in [1.54, 1.807) is 12.1 Å². The van der Waals surface area contributed by atoms with Gasteiger partial charge in [0, 0.05) is 5.56 Å². The molecule has 0 N–H and O–H groups in total. The lowest BCUT2D eigenvalue weighted by Crippen LogP contribution is -2.09. The highest BCUT2D eigenvalue weighted by Crippen LogP contribution is 2.21. The van der Waals surface area contributed by atoms with Crippen molar-refractivity contribution in [2.24, 2.45) is 0 Å². The Morgan fingerprint density at radius 2 is 1.75 bits per heavy atom. The Morgan fingerprint density at radius 1 is 1.05 bits per heavy atom. The van der Waals surface area contributed by atoms with Crippen molar-refractivity contribution >= 4 is 6.16 Å². The van der Waals surface area contributed by atoms with E-state index in [2.05, 4.69) is 4.74 Å². The molecule has 0 aliphatic heterocycles. The molecule has 0 unspecified atom stereocenters. The Balaban J connectivity index is 2.05. The van der Waals surface area contributed by atoms with Crippen molar-refractivity contribution in [3.8, 4) is 11.5 Å². The summed E-state index contributed by atoms with van der Waals surface area (Å²) in [6, 6.07) is 14.9. The summed E-state index contributed by atoms with van der Waals surface area (Å²) >= 11 is 0. The fourth-order valence-corrected chi connectivity index (χ4v) is 1.65. The monoisotopic (exact) mass is 272 g/mol. The Morgan fingerprint density at radius 3 is 2.45 bits per heavy atom. The smallest absolute Gasteiger partial charge is 0.489 e. The zero-order chi connectivity index (χ0) is 14.4. The average Bonchev–Trinajstić information content (AvgIpc) is 2.48. The van der Waals surface area contributed by atoms with Crippen LogP contribution in [-0.4, -0.2) is 13.3 Å². The molecule has 0 bridgehead atoms. The summed E-state index contributed by atoms with van der Waals surface area (Å²) in [6.45, 7) is 2.33. The highest BCUT2D eigenvalue weighted by Gasteiger charge is 2.09. The Kier molecular flexibility index (Phi) is 4.60. The van der Waals surface area contributed by atoms with Gasteiger partial charge in [0.25, 0.3) is 0 Å². The molecule has 0 saturated heterocycles. The molecule has 0 aromatic heterocycles. The van der Waals surface area contributed by atoms with Crippen molar-refractivity contribution < 1.29 is 19.0 Å². The van der Waals surface area contributed by atoms with Crippen LogP contribution in [0.5, 0.6) is 11.5 Å². The van der Waals surface area contributed by atoms with Gasteiger partial charge < -0.3 is 14.2 Å². The van der Waals surface area contributed by atoms with Gasteiger partial charge >= 0.3 is 6.16 Å². The molecule has 0 aliphatic carbocycles. The van der Waals surface area contributed by atoms with Gasteiger partial charge in [-0.1, -0.05) is 35.9 Å². The lowest BCUT2D eigenvalue weighted by Gasteiger charge is -2.10. The van der Waals surface area contributed by atoms with E-state index < -0.39 is 6.16 Å². The van der Waals surface area contributed by atoms with Crippen molar-refractivity contribution in [2.45, 2.75) is 13.5 Å². The third-order valence-corrected chi connectivity index (χ3v) is 2.75. The van der Waals surface area contributed by atoms with Crippen molar-refractivity contribution in [3.63, 3.8) is 0 Å². The van der Waals surface area contributed by atoms with Crippen LogP contribution in [0, 0.1) is 6.92 Å². The summed E-state index contributed by atoms with van der Waals surface area (Å²) in [6.07, 6.45) is -0.743. The number of carbonyl (C=O) groups excluding carboxylic acids is 1. The van der Waals surface area contributed by atoms with Crippen LogP contribution in [0.4, 0.5) is 4.79 Å². The number of hydrogen-bond donors (Lipinski definition) is 0. The molecule has 0 amide bonds. The van der Waals surface area contributed by atoms with Gasteiger partial charge in [0.1, 0.15) is 18.1 Å². The topological polar surface area (TPSA) is 44.8 Å². The summed E-state index contributed by atoms with van der Waals surface area (Å²) in [5.74, 6) is 1.20. The van der Waals surface area contributed by atoms with Crippen LogP contribution in [0.3, 0.4) is 0 Å². The number of hydrogen-bond acceptors (Lipinski definition) is 4. The van der Waals surface area contributed by atoms with Crippen LogP contribution in [-0.2, 0) is 11.3 Å². The van der Waals surface area contributed by atoms with Gasteiger partial charge in [-0.15, -0.1) is 0 Å². The van der Waals surface area contributed by atoms with Crippen LogP contribution in [0.2, 0.25) is 0 Å². The Bertz CT molecular complexity index is 575. The first-order chi connectivity index (χ1) is 9.69. The molecule has 20 heavy (non-hydrogen) atoms. The maximum Gasteiger partial charge on any atom is 0.513 e. The van der Waals surface area contributed by atoms with Crippen LogP contribution >= 0.6 is 0 Å². The molecule has 0 spiro atoms. The number of benzene rings is 2. The summed E-state index contributed by atoms with van der Waals surface area (Å²) in [5.41, 5.74) is 1.95. The number of rotatable bonds is 4. The van der Waals surface area contributed by atoms with Gasteiger partial charge in [-0.2, -0.15) is 0 Å². The molecule has 2 aromatic rings. The molecular weight excluding hydrogens is 256 g/mol. The minimum Gasteiger partial charge on any atom is -0.489 e. The number of aryl methyl sites for hydroxylation is 1. The normalized spacial score (nSPS) is 9.90. The number of carbonyl (C=O) groups is 1. The predicted octanol–water partition coefficient (Wildman–Crippen LogP) is 3.72. The van der Waals surface area contributed by atoms with Gasteiger partial charge in [-0.3, -0.25) is 0 Å². The molecule has 0 fully saturated rings. The largest absolute Gasteiger partial charge is 0.513 e. The SMILES string of the molecule is COC(=O)Oc1ccccc1COc1ccc(C)cc1. The van der Waals surface area contributed by atoms with Gasteiger partial charge in [-0.05, 0) is 25.1 Å². The zero-order valence-corrected chi connectivity index (χ0v) is 11.5. The maximum atomic E-state index is 11.2. The molecule has 0 heterocycles. The standard InChI is InChI=1S/C16H16O4/c1-12-7-9-14(10-8-12)19-11-13-5-3-4-6-15(13)20-16(17)18-2/h3-10H,11H2,1-2H3. The van der Waals surface area contributed by atoms with Crippen molar-refractivity contribution in [3.05, 3.63) is 59.7 Å². The second-order valence-corrected chi connectivity index (χ2v) is 4.27. The van der Waals surface area contributed by atoms with Crippen LogP contribution < -0.4 is 9.47 Å². The number of ether oxygens (including phenoxy) is 3. The van der Waals surface area contributed by atoms with Gasteiger partial charge in [-0.25, -0.2) is 4.79 Å². The average molecular weight is 272 g/mol. The summed E-state index contributed by atoms with van der Waals surface area (Å²) in [5, 5.41) is 0. The molecule has 0 atom stereocenters. The molecule has 104 valence electrons. The number of para-hydroxylation sites is 1. The molecule has 0 radical (unpaired) electrons. The lowest BCUT2D eigenvalue weighted by atomic mass is 10.2. The second kappa shape index (κ2) is 6.61. The van der Waals surface area contributed by atoms with Crippen molar-refractivity contribution in [1.29, 1.82) is 0 Å². The van der Waals surface area contributed by atoms with E-state index in [4.69, 9.17) is 9.47 Å². The molecular formula is C16H16O4. The molecule has 4 nitrogen and oxygen atoms in total. The third kappa shape index (κ3) is 3.75. The van der Waals surface area contributed by atoms with Crippen LogP contribution in [0.1, 0.15) is 11.1 Å². The van der Waals surface area contributed by atoms with E-state index in [1.807, 2.05) is 43.3 Å². The minimum absolute atomic E-state index is 0.316. The van der Waals surface area contributed by atoms with Gasteiger partial charge in [0.2, 0.25) is 0 Å². The van der Waals surface area contributed by atoms with Gasteiger partial charge in [0.05, 0.1) is 7.11 Å². The first-order valence-corrected chi connectivity index (χ1v) is 6.22. The van der Waals surface area contributed by atoms with Gasteiger partial charge in [0.15, 0.2) is 0 Å². The first-order valence-electron chi connectivity index (χ1n) is 6.22. The van der Waals surface area contributed by atoms with E-state index in [9.17, 15) is 4.79 Å². The van der Waals surface area contributed by atoms with E-state index in [0.717, 1.165) is 11.3 Å². The zero-order valence-electron chi connectivity index (χ0n) is 11.5. The maximum absolute atomic E-state index is 11.2. The van der Waals surface area contributed by atoms with E-state index >= 15 is 0 Å². The third-order valence-electron chi connectivity index (χ3n) is 2.75. The van der Waals surface area contributed by atoms with E-state index in [-0.39, 0.29) is 0 Å².